The first kappa shape index (κ1) is 16.8. The molecular weight excluding hydrogens is 343 g/mol. The van der Waals surface area contributed by atoms with Gasteiger partial charge in [0.25, 0.3) is 0 Å². The van der Waals surface area contributed by atoms with Crippen LogP contribution in [0.4, 0.5) is 21.8 Å². The van der Waals surface area contributed by atoms with Crippen LogP contribution in [0.2, 0.25) is 0 Å². The maximum Gasteiger partial charge on any atom is 0.249 e. The first-order valence-electron chi connectivity index (χ1n) is 8.57. The third-order valence-electron chi connectivity index (χ3n) is 4.07. The van der Waals surface area contributed by atoms with E-state index in [0.717, 1.165) is 28.6 Å². The number of halogens is 1. The highest BCUT2D eigenvalue weighted by Gasteiger charge is 2.05. The molecule has 0 aliphatic rings. The van der Waals surface area contributed by atoms with Gasteiger partial charge in [-0.15, -0.1) is 5.10 Å². The minimum Gasteiger partial charge on any atom is -0.368 e. The number of aromatic nitrogens is 4. The molecule has 0 spiro atoms. The third kappa shape index (κ3) is 4.14. The Morgan fingerprint density at radius 2 is 1.81 bits per heavy atom. The van der Waals surface area contributed by atoms with Gasteiger partial charge in [-0.25, -0.2) is 4.39 Å². The van der Waals surface area contributed by atoms with E-state index in [9.17, 15) is 4.39 Å². The second-order valence-corrected chi connectivity index (χ2v) is 5.97. The molecule has 27 heavy (non-hydrogen) atoms. The highest BCUT2D eigenvalue weighted by molar-refractivity contribution is 5.91. The molecule has 4 rings (SSSR count). The van der Waals surface area contributed by atoms with Crippen molar-refractivity contribution in [2.24, 2.45) is 0 Å². The molecule has 0 amide bonds. The maximum absolute atomic E-state index is 12.9. The van der Waals surface area contributed by atoms with Crippen LogP contribution in [0.15, 0.2) is 67.0 Å². The quantitative estimate of drug-likeness (QED) is 0.542. The molecule has 2 aromatic carbocycles. The molecule has 0 aliphatic heterocycles. The van der Waals surface area contributed by atoms with Gasteiger partial charge in [0.05, 0.1) is 17.4 Å². The monoisotopic (exact) mass is 360 g/mol. The van der Waals surface area contributed by atoms with Gasteiger partial charge in [-0.1, -0.05) is 30.3 Å². The molecule has 7 heteroatoms. The van der Waals surface area contributed by atoms with Gasteiger partial charge in [-0.2, -0.15) is 10.1 Å². The van der Waals surface area contributed by atoms with Gasteiger partial charge in [-0.05, 0) is 36.2 Å². The summed E-state index contributed by atoms with van der Waals surface area (Å²) in [7, 11) is 0. The predicted octanol–water partition coefficient (Wildman–Crippen LogP) is 3.96. The maximum atomic E-state index is 12.9. The van der Waals surface area contributed by atoms with Gasteiger partial charge >= 0.3 is 0 Å². The fourth-order valence-electron chi connectivity index (χ4n) is 2.75. The van der Waals surface area contributed by atoms with Crippen molar-refractivity contribution in [3.05, 3.63) is 78.4 Å². The van der Waals surface area contributed by atoms with Gasteiger partial charge in [0.15, 0.2) is 5.82 Å². The molecule has 0 aliphatic carbocycles. The van der Waals surface area contributed by atoms with Crippen LogP contribution >= 0.6 is 0 Å². The second kappa shape index (κ2) is 7.74. The molecule has 2 heterocycles. The largest absolute Gasteiger partial charge is 0.368 e. The predicted molar refractivity (Wildman–Crippen MR) is 103 cm³/mol. The summed E-state index contributed by atoms with van der Waals surface area (Å²) >= 11 is 0. The molecule has 0 bridgehead atoms. The Balaban J connectivity index is 1.43. The van der Waals surface area contributed by atoms with Crippen LogP contribution in [0.3, 0.4) is 0 Å². The molecule has 0 atom stereocenters. The molecule has 2 aromatic heterocycles. The van der Waals surface area contributed by atoms with E-state index in [4.69, 9.17) is 0 Å². The van der Waals surface area contributed by atoms with E-state index in [1.165, 1.54) is 12.1 Å². The zero-order chi connectivity index (χ0) is 18.5. The summed E-state index contributed by atoms with van der Waals surface area (Å²) in [6, 6.07) is 16.2. The van der Waals surface area contributed by atoms with Crippen molar-refractivity contribution < 1.29 is 4.39 Å². The van der Waals surface area contributed by atoms with Gasteiger partial charge in [0.1, 0.15) is 5.82 Å². The van der Waals surface area contributed by atoms with Crippen molar-refractivity contribution >= 4 is 28.4 Å². The summed E-state index contributed by atoms with van der Waals surface area (Å²) < 4.78 is 12.9. The Hall–Kier alpha value is -3.61. The lowest BCUT2D eigenvalue weighted by atomic mass is 10.1. The molecule has 0 unspecified atom stereocenters. The Kier molecular flexibility index (Phi) is 4.82. The SMILES string of the molecule is Fc1ccc(CCNc2cnnc(Nc3cccc4cccnc34)n2)cc1. The van der Waals surface area contributed by atoms with Crippen LogP contribution < -0.4 is 10.6 Å². The minimum absolute atomic E-state index is 0.231. The number of hydrogen-bond acceptors (Lipinski definition) is 6. The van der Waals surface area contributed by atoms with Crippen LogP contribution in [-0.2, 0) is 6.42 Å². The average molecular weight is 360 g/mol. The average Bonchev–Trinajstić information content (AvgIpc) is 2.70. The number of anilines is 3. The van der Waals surface area contributed by atoms with E-state index >= 15 is 0 Å². The number of benzene rings is 2. The van der Waals surface area contributed by atoms with E-state index in [1.54, 1.807) is 24.5 Å². The van der Waals surface area contributed by atoms with Gasteiger partial charge in [-0.3, -0.25) is 4.98 Å². The van der Waals surface area contributed by atoms with Crippen molar-refractivity contribution in [2.75, 3.05) is 17.2 Å². The minimum atomic E-state index is -0.231. The van der Waals surface area contributed by atoms with E-state index in [0.29, 0.717) is 18.3 Å². The Morgan fingerprint density at radius 3 is 2.70 bits per heavy atom. The number of pyridine rings is 1. The fourth-order valence-corrected chi connectivity index (χ4v) is 2.75. The summed E-state index contributed by atoms with van der Waals surface area (Å²) in [6.07, 6.45) is 4.07. The van der Waals surface area contributed by atoms with Crippen LogP contribution in [0.5, 0.6) is 0 Å². The topological polar surface area (TPSA) is 75.6 Å². The van der Waals surface area contributed by atoms with Gasteiger partial charge in [0.2, 0.25) is 5.95 Å². The molecule has 134 valence electrons. The standard InChI is InChI=1S/C20H17FN6/c21-16-8-6-14(7-9-16)10-12-22-18-13-24-27-20(26-18)25-17-5-1-3-15-4-2-11-23-19(15)17/h1-9,11,13H,10,12H2,(H2,22,25,26,27). The van der Waals surface area contributed by atoms with Crippen molar-refractivity contribution in [3.63, 3.8) is 0 Å². The van der Waals surface area contributed by atoms with Crippen molar-refractivity contribution in [1.82, 2.24) is 20.2 Å². The van der Waals surface area contributed by atoms with E-state index in [1.807, 2.05) is 30.3 Å². The zero-order valence-corrected chi connectivity index (χ0v) is 14.4. The molecular formula is C20H17FN6. The normalized spacial score (nSPS) is 10.7. The fraction of sp³-hybridized carbons (Fsp3) is 0.100. The molecule has 0 saturated carbocycles. The smallest absolute Gasteiger partial charge is 0.249 e. The lowest BCUT2D eigenvalue weighted by molar-refractivity contribution is 0.627. The lowest BCUT2D eigenvalue weighted by Crippen LogP contribution is -2.09. The summed E-state index contributed by atoms with van der Waals surface area (Å²) in [5.41, 5.74) is 2.71. The van der Waals surface area contributed by atoms with E-state index in [-0.39, 0.29) is 5.82 Å². The Morgan fingerprint density at radius 1 is 0.963 bits per heavy atom. The van der Waals surface area contributed by atoms with Crippen molar-refractivity contribution in [2.45, 2.75) is 6.42 Å². The second-order valence-electron chi connectivity index (χ2n) is 5.97. The van der Waals surface area contributed by atoms with Crippen LogP contribution in [-0.4, -0.2) is 26.7 Å². The zero-order valence-electron chi connectivity index (χ0n) is 14.4. The highest BCUT2D eigenvalue weighted by atomic mass is 19.1. The first-order chi connectivity index (χ1) is 13.3. The molecule has 2 N–H and O–H groups in total. The number of rotatable bonds is 6. The number of fused-ring (bicyclic) bond motifs is 1. The first-order valence-corrected chi connectivity index (χ1v) is 8.57. The number of hydrogen-bond donors (Lipinski definition) is 2. The summed E-state index contributed by atoms with van der Waals surface area (Å²) in [6.45, 7) is 0.652. The highest BCUT2D eigenvalue weighted by Crippen LogP contribution is 2.23. The van der Waals surface area contributed by atoms with E-state index < -0.39 is 0 Å². The van der Waals surface area contributed by atoms with Crippen LogP contribution in [0.25, 0.3) is 10.9 Å². The summed E-state index contributed by atoms with van der Waals surface area (Å²) in [5, 5.41) is 15.4. The molecule has 0 saturated heterocycles. The molecule has 0 fully saturated rings. The summed E-state index contributed by atoms with van der Waals surface area (Å²) in [5.74, 6) is 0.771. The van der Waals surface area contributed by atoms with Gasteiger partial charge in [0, 0.05) is 18.1 Å². The molecule has 4 aromatic rings. The number of nitrogens with zero attached hydrogens (tertiary/aromatic N) is 4. The Bertz CT molecular complexity index is 1050. The summed E-state index contributed by atoms with van der Waals surface area (Å²) in [4.78, 5) is 8.84. The van der Waals surface area contributed by atoms with Crippen molar-refractivity contribution in [3.8, 4) is 0 Å². The van der Waals surface area contributed by atoms with E-state index in [2.05, 4.69) is 30.8 Å². The Labute approximate surface area is 155 Å². The van der Waals surface area contributed by atoms with Gasteiger partial charge < -0.3 is 10.6 Å². The molecule has 0 radical (unpaired) electrons. The lowest BCUT2D eigenvalue weighted by Gasteiger charge is -2.09. The number of para-hydroxylation sites is 1. The van der Waals surface area contributed by atoms with Crippen molar-refractivity contribution in [1.29, 1.82) is 0 Å². The van der Waals surface area contributed by atoms with Crippen LogP contribution in [0.1, 0.15) is 5.56 Å². The third-order valence-corrected chi connectivity index (χ3v) is 4.07. The van der Waals surface area contributed by atoms with Crippen LogP contribution in [0, 0.1) is 5.82 Å². The molecule has 6 nitrogen and oxygen atoms in total. The number of nitrogens with one attached hydrogen (secondary N) is 2.